The van der Waals surface area contributed by atoms with Gasteiger partial charge in [0, 0.05) is 16.5 Å². The van der Waals surface area contributed by atoms with Crippen LogP contribution in [0.1, 0.15) is 12.5 Å². The van der Waals surface area contributed by atoms with Crippen molar-refractivity contribution in [2.24, 2.45) is 0 Å². The van der Waals surface area contributed by atoms with Gasteiger partial charge < -0.3 is 14.9 Å². The van der Waals surface area contributed by atoms with Crippen LogP contribution in [0, 0.1) is 0 Å². The Morgan fingerprint density at radius 2 is 2.00 bits per heavy atom. The van der Waals surface area contributed by atoms with Gasteiger partial charge in [0.15, 0.2) is 0 Å². The zero-order valence-electron chi connectivity index (χ0n) is 11.2. The number of hydrogen-bond donors (Lipinski definition) is 1. The minimum atomic E-state index is -0.229. The molecule has 0 aliphatic heterocycles. The van der Waals surface area contributed by atoms with Gasteiger partial charge in [0.2, 0.25) is 0 Å². The molecule has 0 aliphatic carbocycles. The third-order valence-corrected chi connectivity index (χ3v) is 3.21. The highest BCUT2D eigenvalue weighted by molar-refractivity contribution is 6.06. The van der Waals surface area contributed by atoms with Crippen molar-refractivity contribution in [3.05, 3.63) is 42.0 Å². The lowest BCUT2D eigenvalue weighted by Crippen LogP contribution is -2.07. The third kappa shape index (κ3) is 2.20. The number of nitrogens with two attached hydrogens (primary N) is 1. The Bertz CT molecular complexity index is 789. The number of furan rings is 1. The first kappa shape index (κ1) is 12.5. The largest absolute Gasteiger partial charge is 0.466 e. The van der Waals surface area contributed by atoms with Gasteiger partial charge in [0.25, 0.3) is 0 Å². The topological polar surface area (TPSA) is 65.5 Å². The second-order valence-corrected chi connectivity index (χ2v) is 4.67. The fourth-order valence-corrected chi connectivity index (χ4v) is 2.33. The molecule has 4 nitrogen and oxygen atoms in total. The Kier molecular flexibility index (Phi) is 3.06. The number of ether oxygens (including phenoxy) is 1. The standard InChI is InChI=1S/C16H15NO3/c1-2-19-16(18)8-10-3-5-12-13-9-11(17)4-6-14(13)20-15(12)7-10/h3-7,9H,2,8,17H2,1H3. The molecule has 3 aromatic rings. The van der Waals surface area contributed by atoms with E-state index < -0.39 is 0 Å². The van der Waals surface area contributed by atoms with E-state index in [-0.39, 0.29) is 12.4 Å². The number of esters is 1. The molecule has 1 heterocycles. The van der Waals surface area contributed by atoms with Gasteiger partial charge in [-0.2, -0.15) is 0 Å². The first-order valence-corrected chi connectivity index (χ1v) is 6.53. The van der Waals surface area contributed by atoms with Crippen LogP contribution in [0.3, 0.4) is 0 Å². The zero-order chi connectivity index (χ0) is 14.1. The van der Waals surface area contributed by atoms with Crippen molar-refractivity contribution in [1.29, 1.82) is 0 Å². The molecule has 0 atom stereocenters. The Labute approximate surface area is 116 Å². The quantitative estimate of drug-likeness (QED) is 0.585. The van der Waals surface area contributed by atoms with Gasteiger partial charge in [-0.25, -0.2) is 0 Å². The Morgan fingerprint density at radius 1 is 1.15 bits per heavy atom. The fourth-order valence-electron chi connectivity index (χ4n) is 2.33. The molecule has 2 N–H and O–H groups in total. The summed E-state index contributed by atoms with van der Waals surface area (Å²) in [5.41, 5.74) is 8.93. The van der Waals surface area contributed by atoms with Crippen molar-refractivity contribution >= 4 is 33.6 Å². The number of carbonyl (C=O) groups excluding carboxylic acids is 1. The summed E-state index contributed by atoms with van der Waals surface area (Å²) in [5, 5.41) is 1.99. The van der Waals surface area contributed by atoms with E-state index in [0.717, 1.165) is 27.5 Å². The van der Waals surface area contributed by atoms with Crippen LogP contribution in [0.2, 0.25) is 0 Å². The van der Waals surface area contributed by atoms with Gasteiger partial charge >= 0.3 is 5.97 Å². The van der Waals surface area contributed by atoms with Gasteiger partial charge in [-0.05, 0) is 36.8 Å². The van der Waals surface area contributed by atoms with Gasteiger partial charge in [-0.3, -0.25) is 4.79 Å². The molecule has 0 fully saturated rings. The third-order valence-electron chi connectivity index (χ3n) is 3.21. The average molecular weight is 269 g/mol. The lowest BCUT2D eigenvalue weighted by molar-refractivity contribution is -0.142. The van der Waals surface area contributed by atoms with Crippen LogP contribution >= 0.6 is 0 Å². The first-order chi connectivity index (χ1) is 9.67. The molecule has 3 rings (SSSR count). The summed E-state index contributed by atoms with van der Waals surface area (Å²) in [6.45, 7) is 2.19. The van der Waals surface area contributed by atoms with Crippen molar-refractivity contribution in [3.8, 4) is 0 Å². The molecule has 0 unspecified atom stereocenters. The molecule has 0 spiro atoms. The van der Waals surface area contributed by atoms with Crippen molar-refractivity contribution in [2.75, 3.05) is 12.3 Å². The smallest absolute Gasteiger partial charge is 0.310 e. The molecule has 0 amide bonds. The van der Waals surface area contributed by atoms with Crippen molar-refractivity contribution in [2.45, 2.75) is 13.3 Å². The van der Waals surface area contributed by atoms with E-state index in [1.165, 1.54) is 0 Å². The molecule has 1 aromatic heterocycles. The number of fused-ring (bicyclic) bond motifs is 3. The molecular weight excluding hydrogens is 254 g/mol. The molecule has 4 heteroatoms. The van der Waals surface area contributed by atoms with Gasteiger partial charge in [-0.15, -0.1) is 0 Å². The summed E-state index contributed by atoms with van der Waals surface area (Å²) >= 11 is 0. The van der Waals surface area contributed by atoms with E-state index in [4.69, 9.17) is 14.9 Å². The number of rotatable bonds is 3. The molecule has 0 bridgehead atoms. The lowest BCUT2D eigenvalue weighted by atomic mass is 10.1. The maximum atomic E-state index is 11.5. The molecule has 20 heavy (non-hydrogen) atoms. The average Bonchev–Trinajstić information content (AvgIpc) is 2.76. The molecule has 0 saturated carbocycles. The number of anilines is 1. The van der Waals surface area contributed by atoms with Gasteiger partial charge in [0.1, 0.15) is 11.2 Å². The zero-order valence-corrected chi connectivity index (χ0v) is 11.2. The highest BCUT2D eigenvalue weighted by atomic mass is 16.5. The molecule has 0 radical (unpaired) electrons. The normalized spacial score (nSPS) is 11.1. The highest BCUT2D eigenvalue weighted by Gasteiger charge is 2.10. The SMILES string of the molecule is CCOC(=O)Cc1ccc2c(c1)oc1ccc(N)cc12. The van der Waals surface area contributed by atoms with Crippen LogP contribution in [-0.2, 0) is 16.0 Å². The summed E-state index contributed by atoms with van der Waals surface area (Å²) in [7, 11) is 0. The summed E-state index contributed by atoms with van der Waals surface area (Å²) in [6, 6.07) is 11.3. The summed E-state index contributed by atoms with van der Waals surface area (Å²) in [5.74, 6) is -0.229. The Morgan fingerprint density at radius 3 is 2.80 bits per heavy atom. The number of hydrogen-bond acceptors (Lipinski definition) is 4. The molecule has 0 saturated heterocycles. The van der Waals surface area contributed by atoms with Crippen molar-refractivity contribution in [1.82, 2.24) is 0 Å². The van der Waals surface area contributed by atoms with E-state index in [1.807, 2.05) is 36.4 Å². The molecule has 102 valence electrons. The van der Waals surface area contributed by atoms with E-state index in [9.17, 15) is 4.79 Å². The van der Waals surface area contributed by atoms with Crippen LogP contribution in [0.4, 0.5) is 5.69 Å². The van der Waals surface area contributed by atoms with Crippen LogP contribution < -0.4 is 5.73 Å². The van der Waals surface area contributed by atoms with E-state index in [2.05, 4.69) is 0 Å². The lowest BCUT2D eigenvalue weighted by Gasteiger charge is -2.01. The minimum Gasteiger partial charge on any atom is -0.466 e. The fraction of sp³-hybridized carbons (Fsp3) is 0.188. The Hall–Kier alpha value is -2.49. The monoisotopic (exact) mass is 269 g/mol. The minimum absolute atomic E-state index is 0.229. The van der Waals surface area contributed by atoms with Crippen LogP contribution in [0.25, 0.3) is 21.9 Å². The van der Waals surface area contributed by atoms with Crippen molar-refractivity contribution < 1.29 is 13.9 Å². The maximum Gasteiger partial charge on any atom is 0.310 e. The van der Waals surface area contributed by atoms with E-state index in [0.29, 0.717) is 12.3 Å². The number of carbonyl (C=O) groups is 1. The van der Waals surface area contributed by atoms with Crippen LogP contribution in [0.15, 0.2) is 40.8 Å². The summed E-state index contributed by atoms with van der Waals surface area (Å²) in [4.78, 5) is 11.5. The van der Waals surface area contributed by atoms with E-state index >= 15 is 0 Å². The summed E-state index contributed by atoms with van der Waals surface area (Å²) < 4.78 is 10.7. The highest BCUT2D eigenvalue weighted by Crippen LogP contribution is 2.30. The number of nitrogen functional groups attached to an aromatic ring is 1. The Balaban J connectivity index is 2.03. The first-order valence-electron chi connectivity index (χ1n) is 6.53. The molecule has 0 aliphatic rings. The molecular formula is C16H15NO3. The van der Waals surface area contributed by atoms with Gasteiger partial charge in [0.05, 0.1) is 13.0 Å². The second-order valence-electron chi connectivity index (χ2n) is 4.67. The number of benzene rings is 2. The predicted octanol–water partition coefficient (Wildman–Crippen LogP) is 3.27. The molecule has 2 aromatic carbocycles. The van der Waals surface area contributed by atoms with Crippen LogP contribution in [0.5, 0.6) is 0 Å². The van der Waals surface area contributed by atoms with Crippen molar-refractivity contribution in [3.63, 3.8) is 0 Å². The maximum absolute atomic E-state index is 11.5. The van der Waals surface area contributed by atoms with Gasteiger partial charge in [-0.1, -0.05) is 12.1 Å². The summed E-state index contributed by atoms with van der Waals surface area (Å²) in [6.07, 6.45) is 0.253. The van der Waals surface area contributed by atoms with Crippen LogP contribution in [-0.4, -0.2) is 12.6 Å². The predicted molar refractivity (Wildman–Crippen MR) is 78.5 cm³/mol. The van der Waals surface area contributed by atoms with E-state index in [1.54, 1.807) is 6.92 Å². The second kappa shape index (κ2) is 4.89.